The van der Waals surface area contributed by atoms with Gasteiger partial charge in [0.1, 0.15) is 5.96 Å². The lowest BCUT2D eigenvalue weighted by molar-refractivity contribution is 0.233. The molecule has 0 fully saturated rings. The number of hydrogen-bond acceptors (Lipinski definition) is 5. The molecule has 19 heavy (non-hydrogen) atoms. The highest BCUT2D eigenvalue weighted by Crippen LogP contribution is 2.45. The Morgan fingerprint density at radius 2 is 1.68 bits per heavy atom. The molecule has 1 rings (SSSR count). The number of sulfonamides is 1. The maximum atomic E-state index is 12.0. The van der Waals surface area contributed by atoms with Crippen LogP contribution < -0.4 is 0 Å². The number of nitrogens with zero attached hydrogens (tertiary/aromatic N) is 1. The zero-order valence-corrected chi connectivity index (χ0v) is 12.4. The van der Waals surface area contributed by atoms with E-state index in [9.17, 15) is 13.0 Å². The number of hydrogen-bond donors (Lipinski definition) is 0. The van der Waals surface area contributed by atoms with Crippen molar-refractivity contribution >= 4 is 23.6 Å². The van der Waals surface area contributed by atoms with Crippen LogP contribution in [0.4, 0.5) is 0 Å². The zero-order chi connectivity index (χ0) is 14.4. The van der Waals surface area contributed by atoms with Crippen LogP contribution >= 0.6 is 7.60 Å². The van der Waals surface area contributed by atoms with Crippen molar-refractivity contribution in [3.8, 4) is 0 Å². The molecule has 0 aliphatic carbocycles. The maximum Gasteiger partial charge on any atom is 0.373 e. The van der Waals surface area contributed by atoms with Gasteiger partial charge in [0.25, 0.3) is 10.0 Å². The van der Waals surface area contributed by atoms with Gasteiger partial charge in [-0.15, -0.1) is 0 Å². The average Bonchev–Trinajstić information content (AvgIpc) is 2.38. The topological polar surface area (TPSA) is 82.0 Å². The minimum absolute atomic E-state index is 0.0193. The summed E-state index contributed by atoms with van der Waals surface area (Å²) >= 11 is 0. The van der Waals surface area contributed by atoms with E-state index in [0.717, 1.165) is 5.96 Å². The molecule has 0 radical (unpaired) electrons. The first-order valence-corrected chi connectivity index (χ1v) is 8.74. The van der Waals surface area contributed by atoms with Gasteiger partial charge < -0.3 is 9.05 Å². The van der Waals surface area contributed by atoms with Gasteiger partial charge in [-0.25, -0.2) is 0 Å². The van der Waals surface area contributed by atoms with Crippen LogP contribution in [0.1, 0.15) is 13.8 Å². The van der Waals surface area contributed by atoms with E-state index in [1.54, 1.807) is 32.0 Å². The SMILES string of the molecule is CCOP(=O)(/C=N/S(=O)(=O)c1ccccc1)OCC. The second kappa shape index (κ2) is 6.96. The van der Waals surface area contributed by atoms with E-state index < -0.39 is 17.6 Å². The lowest BCUT2D eigenvalue weighted by Crippen LogP contribution is -2.01. The molecule has 0 atom stereocenters. The smallest absolute Gasteiger partial charge is 0.305 e. The summed E-state index contributed by atoms with van der Waals surface area (Å²) in [5, 5.41) is 0. The Kier molecular flexibility index (Phi) is 5.87. The third kappa shape index (κ3) is 4.87. The summed E-state index contributed by atoms with van der Waals surface area (Å²) in [7, 11) is -7.50. The standard InChI is InChI=1S/C11H16NO5PS/c1-3-16-18(13,17-4-2)10-12-19(14,15)11-8-6-5-7-9-11/h5-10H,3-4H2,1-2H3/b12-10+. The van der Waals surface area contributed by atoms with Crippen molar-refractivity contribution in [2.24, 2.45) is 4.40 Å². The van der Waals surface area contributed by atoms with Gasteiger partial charge in [0, 0.05) is 0 Å². The van der Waals surface area contributed by atoms with Gasteiger partial charge in [-0.1, -0.05) is 18.2 Å². The molecule has 0 spiro atoms. The third-order valence-corrected chi connectivity index (χ3v) is 5.03. The summed E-state index contributed by atoms with van der Waals surface area (Å²) in [4.78, 5) is 0.0193. The Hall–Kier alpha value is -1.01. The molecule has 0 amide bonds. The Labute approximate surface area is 113 Å². The lowest BCUT2D eigenvalue weighted by atomic mass is 10.4. The molecule has 0 heterocycles. The van der Waals surface area contributed by atoms with Crippen LogP contribution in [-0.4, -0.2) is 27.6 Å². The normalized spacial score (nSPS) is 12.9. The predicted octanol–water partition coefficient (Wildman–Crippen LogP) is 2.67. The van der Waals surface area contributed by atoms with Gasteiger partial charge in [0.2, 0.25) is 0 Å². The lowest BCUT2D eigenvalue weighted by Gasteiger charge is -2.11. The van der Waals surface area contributed by atoms with Gasteiger partial charge in [-0.3, -0.25) is 4.57 Å². The molecular weight excluding hydrogens is 289 g/mol. The van der Waals surface area contributed by atoms with Crippen LogP contribution in [0.25, 0.3) is 0 Å². The van der Waals surface area contributed by atoms with Crippen molar-refractivity contribution in [1.29, 1.82) is 0 Å². The van der Waals surface area contributed by atoms with Crippen molar-refractivity contribution in [2.75, 3.05) is 13.2 Å². The summed E-state index contributed by atoms with van der Waals surface area (Å²) in [6.07, 6.45) is 0. The fraction of sp³-hybridized carbons (Fsp3) is 0.364. The van der Waals surface area contributed by atoms with Gasteiger partial charge >= 0.3 is 7.60 Å². The second-order valence-corrected chi connectivity index (χ2v) is 6.84. The van der Waals surface area contributed by atoms with E-state index >= 15 is 0 Å². The van der Waals surface area contributed by atoms with Gasteiger partial charge in [0.05, 0.1) is 18.1 Å². The highest BCUT2D eigenvalue weighted by molar-refractivity contribution is 7.91. The first-order chi connectivity index (χ1) is 8.93. The molecule has 0 aliphatic heterocycles. The zero-order valence-electron chi connectivity index (χ0n) is 10.7. The summed E-state index contributed by atoms with van der Waals surface area (Å²) in [6, 6.07) is 7.64. The molecule has 106 valence electrons. The Balaban J connectivity index is 2.99. The van der Waals surface area contributed by atoms with Gasteiger partial charge in [-0.2, -0.15) is 12.8 Å². The van der Waals surface area contributed by atoms with Crippen molar-refractivity contribution < 1.29 is 22.0 Å². The van der Waals surface area contributed by atoms with Crippen molar-refractivity contribution in [1.82, 2.24) is 0 Å². The van der Waals surface area contributed by atoms with Crippen LogP contribution in [0, 0.1) is 0 Å². The first kappa shape index (κ1) is 16.0. The summed E-state index contributed by atoms with van der Waals surface area (Å²) < 4.78 is 49.0. The second-order valence-electron chi connectivity index (χ2n) is 3.38. The summed E-state index contributed by atoms with van der Waals surface area (Å²) in [5.41, 5.74) is 0. The number of benzene rings is 1. The minimum Gasteiger partial charge on any atom is -0.305 e. The van der Waals surface area contributed by atoms with E-state index in [1.807, 2.05) is 0 Å². The van der Waals surface area contributed by atoms with Crippen LogP contribution in [0.5, 0.6) is 0 Å². The fourth-order valence-corrected chi connectivity index (χ4v) is 3.75. The molecule has 0 unspecified atom stereocenters. The van der Waals surface area contributed by atoms with E-state index in [-0.39, 0.29) is 18.1 Å². The maximum absolute atomic E-state index is 12.0. The Morgan fingerprint density at radius 3 is 2.16 bits per heavy atom. The molecule has 8 heteroatoms. The molecule has 0 saturated heterocycles. The van der Waals surface area contributed by atoms with Gasteiger partial charge in [0.15, 0.2) is 0 Å². The highest BCUT2D eigenvalue weighted by Gasteiger charge is 2.22. The van der Waals surface area contributed by atoms with E-state index in [2.05, 4.69) is 4.40 Å². The van der Waals surface area contributed by atoms with E-state index in [0.29, 0.717) is 0 Å². The van der Waals surface area contributed by atoms with Crippen LogP contribution in [0.3, 0.4) is 0 Å². The molecular formula is C11H16NO5PS. The predicted molar refractivity (Wildman–Crippen MR) is 73.0 cm³/mol. The number of rotatable bonds is 7. The molecule has 0 aromatic heterocycles. The average molecular weight is 305 g/mol. The van der Waals surface area contributed by atoms with E-state index in [4.69, 9.17) is 9.05 Å². The van der Waals surface area contributed by atoms with Crippen molar-refractivity contribution in [3.63, 3.8) is 0 Å². The summed E-state index contributed by atoms with van der Waals surface area (Å²) in [5.74, 6) is 0.738. The summed E-state index contributed by atoms with van der Waals surface area (Å²) in [6.45, 7) is 3.53. The molecule has 1 aromatic rings. The largest absolute Gasteiger partial charge is 0.373 e. The molecule has 0 N–H and O–H groups in total. The monoisotopic (exact) mass is 305 g/mol. The van der Waals surface area contributed by atoms with Crippen molar-refractivity contribution in [3.05, 3.63) is 30.3 Å². The van der Waals surface area contributed by atoms with Crippen LogP contribution in [0.2, 0.25) is 0 Å². The van der Waals surface area contributed by atoms with Gasteiger partial charge in [-0.05, 0) is 26.0 Å². The molecule has 0 aliphatic rings. The fourth-order valence-electron chi connectivity index (χ4n) is 1.24. The quantitative estimate of drug-likeness (QED) is 0.571. The highest BCUT2D eigenvalue weighted by atomic mass is 32.2. The molecule has 0 bridgehead atoms. The minimum atomic E-state index is -3.89. The van der Waals surface area contributed by atoms with Crippen LogP contribution in [-0.2, 0) is 23.6 Å². The van der Waals surface area contributed by atoms with Crippen molar-refractivity contribution in [2.45, 2.75) is 18.7 Å². The first-order valence-electron chi connectivity index (χ1n) is 5.69. The molecule has 6 nitrogen and oxygen atoms in total. The third-order valence-electron chi connectivity index (χ3n) is 1.99. The Bertz CT molecular complexity index is 560. The molecule has 1 aromatic carbocycles. The van der Waals surface area contributed by atoms with E-state index in [1.165, 1.54) is 12.1 Å². The molecule has 0 saturated carbocycles. The Morgan fingerprint density at radius 1 is 1.16 bits per heavy atom. The van der Waals surface area contributed by atoms with Crippen LogP contribution in [0.15, 0.2) is 39.6 Å².